The van der Waals surface area contributed by atoms with Gasteiger partial charge in [0.1, 0.15) is 6.04 Å². The van der Waals surface area contributed by atoms with Gasteiger partial charge >= 0.3 is 0 Å². The fraction of sp³-hybridized carbons (Fsp3) is 0.300. The fourth-order valence-electron chi connectivity index (χ4n) is 4.36. The van der Waals surface area contributed by atoms with E-state index in [0.29, 0.717) is 13.0 Å². The summed E-state index contributed by atoms with van der Waals surface area (Å²) in [6, 6.07) is 28.4. The molecule has 0 heterocycles. The van der Waals surface area contributed by atoms with Gasteiger partial charge in [0.05, 0.1) is 17.3 Å². The lowest BCUT2D eigenvalue weighted by molar-refractivity contribution is -0.128. The van der Waals surface area contributed by atoms with Crippen LogP contribution in [0.5, 0.6) is 0 Å². The minimum Gasteiger partial charge on any atom is -0.368 e. The van der Waals surface area contributed by atoms with Gasteiger partial charge in [-0.25, -0.2) is 0 Å². The molecule has 0 fully saturated rings. The standard InChI is InChI=1S/C30H37N5O3S/c31-19-11-10-18-25(32)29(38)34-20-27(36)35-26(28(33)37)21-39-30(22-12-4-1-5-13-22,23-14-6-2-7-15-23)24-16-8-3-9-17-24/h1-9,12-17,25-26H,10-11,18-21,31-32H2,(H2,33,37)(H,34,38)(H,35,36)/t25-,26-/m0/s1. The number of nitrogens with one attached hydrogen (secondary N) is 2. The molecule has 0 unspecified atom stereocenters. The Morgan fingerprint density at radius 3 is 1.72 bits per heavy atom. The lowest BCUT2D eigenvalue weighted by Crippen LogP contribution is -2.51. The van der Waals surface area contributed by atoms with Crippen LogP contribution in [0.1, 0.15) is 36.0 Å². The molecule has 3 rings (SSSR count). The maximum absolute atomic E-state index is 12.7. The van der Waals surface area contributed by atoms with Crippen molar-refractivity contribution in [3.63, 3.8) is 0 Å². The number of primary amides is 1. The highest BCUT2D eigenvalue weighted by atomic mass is 32.2. The Bertz CT molecular complexity index is 1100. The summed E-state index contributed by atoms with van der Waals surface area (Å²) in [5.41, 5.74) is 20.2. The summed E-state index contributed by atoms with van der Waals surface area (Å²) in [6.07, 6.45) is 1.98. The normalized spacial score (nSPS) is 12.8. The molecule has 206 valence electrons. The van der Waals surface area contributed by atoms with E-state index >= 15 is 0 Å². The first kappa shape index (κ1) is 29.9. The molecule has 0 aromatic heterocycles. The SMILES string of the molecule is NCCCC[C@H](N)C(=O)NCC(=O)N[C@@H](CSC(c1ccccc1)(c1ccccc1)c1ccccc1)C(N)=O. The molecule has 0 spiro atoms. The van der Waals surface area contributed by atoms with Crippen LogP contribution < -0.4 is 27.8 Å². The van der Waals surface area contributed by atoms with Crippen molar-refractivity contribution in [2.75, 3.05) is 18.8 Å². The maximum Gasteiger partial charge on any atom is 0.240 e. The molecule has 9 heteroatoms. The summed E-state index contributed by atoms with van der Waals surface area (Å²) >= 11 is 1.51. The highest BCUT2D eigenvalue weighted by Crippen LogP contribution is 2.48. The molecule has 2 atom stereocenters. The second kappa shape index (κ2) is 15.1. The van der Waals surface area contributed by atoms with Crippen LogP contribution >= 0.6 is 11.8 Å². The van der Waals surface area contributed by atoms with Crippen molar-refractivity contribution in [3.05, 3.63) is 108 Å². The molecule has 39 heavy (non-hydrogen) atoms. The third-order valence-corrected chi connectivity index (χ3v) is 8.06. The van der Waals surface area contributed by atoms with Gasteiger partial charge in [-0.15, -0.1) is 11.8 Å². The van der Waals surface area contributed by atoms with E-state index in [0.717, 1.165) is 29.5 Å². The molecule has 8 N–H and O–H groups in total. The minimum absolute atomic E-state index is 0.201. The van der Waals surface area contributed by atoms with Crippen LogP contribution in [0.15, 0.2) is 91.0 Å². The number of benzene rings is 3. The van der Waals surface area contributed by atoms with E-state index in [9.17, 15) is 14.4 Å². The summed E-state index contributed by atoms with van der Waals surface area (Å²) in [5.74, 6) is -1.41. The molecule has 0 saturated carbocycles. The number of hydrogen-bond acceptors (Lipinski definition) is 6. The molecule has 3 aromatic rings. The van der Waals surface area contributed by atoms with E-state index in [1.807, 2.05) is 54.6 Å². The van der Waals surface area contributed by atoms with E-state index in [1.165, 1.54) is 11.8 Å². The number of hydrogen-bond donors (Lipinski definition) is 5. The van der Waals surface area contributed by atoms with Gasteiger partial charge in [-0.2, -0.15) is 0 Å². The van der Waals surface area contributed by atoms with Gasteiger partial charge in [-0.1, -0.05) is 97.4 Å². The molecular formula is C30H37N5O3S. The van der Waals surface area contributed by atoms with E-state index < -0.39 is 34.6 Å². The highest BCUT2D eigenvalue weighted by Gasteiger charge is 2.38. The van der Waals surface area contributed by atoms with Gasteiger partial charge in [0.15, 0.2) is 0 Å². The summed E-state index contributed by atoms with van der Waals surface area (Å²) in [6.45, 7) is 0.225. The Hall–Kier alpha value is -3.66. The predicted octanol–water partition coefficient (Wildman–Crippen LogP) is 2.25. The van der Waals surface area contributed by atoms with Crippen molar-refractivity contribution in [1.82, 2.24) is 10.6 Å². The van der Waals surface area contributed by atoms with Gasteiger partial charge in [-0.3, -0.25) is 14.4 Å². The largest absolute Gasteiger partial charge is 0.368 e. The number of carbonyl (C=O) groups is 3. The minimum atomic E-state index is -0.965. The zero-order valence-corrected chi connectivity index (χ0v) is 22.7. The molecule has 0 aliphatic carbocycles. The van der Waals surface area contributed by atoms with Crippen molar-refractivity contribution in [1.29, 1.82) is 0 Å². The van der Waals surface area contributed by atoms with E-state index in [2.05, 4.69) is 47.0 Å². The quantitative estimate of drug-likeness (QED) is 0.145. The zero-order valence-electron chi connectivity index (χ0n) is 21.9. The van der Waals surface area contributed by atoms with Crippen molar-refractivity contribution in [2.24, 2.45) is 17.2 Å². The van der Waals surface area contributed by atoms with E-state index in [-0.39, 0.29) is 12.3 Å². The van der Waals surface area contributed by atoms with Crippen LogP contribution in [0.25, 0.3) is 0 Å². The second-order valence-corrected chi connectivity index (χ2v) is 10.5. The number of amides is 3. The van der Waals surface area contributed by atoms with Gasteiger partial charge in [0, 0.05) is 5.75 Å². The lowest BCUT2D eigenvalue weighted by atomic mass is 9.84. The average Bonchev–Trinajstić information content (AvgIpc) is 2.97. The Kier molecular flexibility index (Phi) is 11.5. The molecule has 3 amide bonds. The first-order valence-electron chi connectivity index (χ1n) is 13.0. The monoisotopic (exact) mass is 547 g/mol. The molecular weight excluding hydrogens is 510 g/mol. The van der Waals surface area contributed by atoms with Crippen molar-refractivity contribution < 1.29 is 14.4 Å². The topological polar surface area (TPSA) is 153 Å². The predicted molar refractivity (Wildman–Crippen MR) is 157 cm³/mol. The average molecular weight is 548 g/mol. The van der Waals surface area contributed by atoms with Crippen molar-refractivity contribution >= 4 is 29.5 Å². The Morgan fingerprint density at radius 2 is 1.28 bits per heavy atom. The second-order valence-electron chi connectivity index (χ2n) is 9.22. The van der Waals surface area contributed by atoms with Crippen LogP contribution in [0, 0.1) is 0 Å². The molecule has 0 aliphatic heterocycles. The van der Waals surface area contributed by atoms with Gasteiger partial charge in [-0.05, 0) is 36.1 Å². The van der Waals surface area contributed by atoms with Crippen molar-refractivity contribution in [2.45, 2.75) is 36.1 Å². The first-order chi connectivity index (χ1) is 18.9. The number of rotatable bonds is 15. The molecule has 0 aliphatic rings. The highest BCUT2D eigenvalue weighted by molar-refractivity contribution is 8.00. The third kappa shape index (κ3) is 8.16. The lowest BCUT2D eigenvalue weighted by Gasteiger charge is -2.36. The Labute approximate surface area is 234 Å². The summed E-state index contributed by atoms with van der Waals surface area (Å²) < 4.78 is -0.674. The summed E-state index contributed by atoms with van der Waals surface area (Å²) in [4.78, 5) is 37.4. The summed E-state index contributed by atoms with van der Waals surface area (Å²) in [7, 11) is 0. The fourth-order valence-corrected chi connectivity index (χ4v) is 5.93. The van der Waals surface area contributed by atoms with E-state index in [4.69, 9.17) is 17.2 Å². The van der Waals surface area contributed by atoms with E-state index in [1.54, 1.807) is 0 Å². The van der Waals surface area contributed by atoms with Gasteiger partial charge in [0.2, 0.25) is 17.7 Å². The third-order valence-electron chi connectivity index (χ3n) is 6.42. The number of carbonyl (C=O) groups excluding carboxylic acids is 3. The van der Waals surface area contributed by atoms with Crippen LogP contribution in [0.4, 0.5) is 0 Å². The molecule has 0 bridgehead atoms. The number of unbranched alkanes of at least 4 members (excludes halogenated alkanes) is 1. The van der Waals surface area contributed by atoms with Crippen LogP contribution in [-0.4, -0.2) is 48.6 Å². The van der Waals surface area contributed by atoms with Crippen molar-refractivity contribution in [3.8, 4) is 0 Å². The maximum atomic E-state index is 12.7. The smallest absolute Gasteiger partial charge is 0.240 e. The van der Waals surface area contributed by atoms with Crippen LogP contribution in [-0.2, 0) is 19.1 Å². The van der Waals surface area contributed by atoms with Crippen LogP contribution in [0.3, 0.4) is 0 Å². The summed E-state index contributed by atoms with van der Waals surface area (Å²) in [5, 5.41) is 5.22. The van der Waals surface area contributed by atoms with Crippen LogP contribution in [0.2, 0.25) is 0 Å². The van der Waals surface area contributed by atoms with Gasteiger partial charge in [0.25, 0.3) is 0 Å². The van der Waals surface area contributed by atoms with Gasteiger partial charge < -0.3 is 27.8 Å². The molecule has 3 aromatic carbocycles. The molecule has 8 nitrogen and oxygen atoms in total. The molecule has 0 saturated heterocycles. The first-order valence-corrected chi connectivity index (χ1v) is 14.0. The molecule has 0 radical (unpaired) electrons. The Morgan fingerprint density at radius 1 is 0.795 bits per heavy atom. The number of thioether (sulfide) groups is 1. The Balaban J connectivity index is 1.79. The zero-order chi connectivity index (χ0) is 28.1. The number of nitrogens with two attached hydrogens (primary N) is 3.